The molecule has 5 heteroatoms. The lowest BCUT2D eigenvalue weighted by atomic mass is 9.85. The number of hydrogen-bond donors (Lipinski definition) is 1. The molecule has 1 heterocycles. The van der Waals surface area contributed by atoms with Crippen LogP contribution in [0, 0.1) is 18.3 Å². The Morgan fingerprint density at radius 3 is 1.75 bits per heavy atom. The molecule has 1 saturated heterocycles. The van der Waals surface area contributed by atoms with Crippen molar-refractivity contribution in [2.75, 3.05) is 6.61 Å². The first-order valence-corrected chi connectivity index (χ1v) is 12.4. The van der Waals surface area contributed by atoms with Crippen molar-refractivity contribution < 1.29 is 24.1 Å². The van der Waals surface area contributed by atoms with Crippen LogP contribution in [-0.4, -0.2) is 42.2 Å². The lowest BCUT2D eigenvalue weighted by Gasteiger charge is -2.46. The van der Waals surface area contributed by atoms with E-state index in [-0.39, 0.29) is 18.6 Å². The molecule has 0 aliphatic carbocycles. The molecule has 188 valence electrons. The molecule has 1 fully saturated rings. The van der Waals surface area contributed by atoms with Crippen LogP contribution in [0.15, 0.2) is 91.0 Å². The van der Waals surface area contributed by atoms with Gasteiger partial charge >= 0.3 is 0 Å². The summed E-state index contributed by atoms with van der Waals surface area (Å²) >= 11 is 0. The summed E-state index contributed by atoms with van der Waals surface area (Å²) < 4.78 is 25.3. The number of aliphatic hydroxyl groups is 1. The van der Waals surface area contributed by atoms with Gasteiger partial charge in [-0.1, -0.05) is 104 Å². The maximum atomic E-state index is 10.6. The number of terminal acetylenes is 1. The summed E-state index contributed by atoms with van der Waals surface area (Å²) in [4.78, 5) is 0. The van der Waals surface area contributed by atoms with Crippen molar-refractivity contribution in [3.05, 3.63) is 108 Å². The molecule has 0 aromatic heterocycles. The zero-order valence-corrected chi connectivity index (χ0v) is 20.6. The molecule has 1 unspecified atom stereocenters. The van der Waals surface area contributed by atoms with Gasteiger partial charge in [0.1, 0.15) is 24.4 Å². The van der Waals surface area contributed by atoms with Gasteiger partial charge in [-0.2, -0.15) is 0 Å². The molecular formula is C31H34O5. The lowest BCUT2D eigenvalue weighted by Crippen LogP contribution is -2.59. The van der Waals surface area contributed by atoms with Crippen molar-refractivity contribution >= 4 is 0 Å². The fourth-order valence-electron chi connectivity index (χ4n) is 4.54. The topological polar surface area (TPSA) is 57.2 Å². The number of rotatable bonds is 11. The molecule has 0 saturated carbocycles. The first-order valence-electron chi connectivity index (χ1n) is 12.4. The van der Waals surface area contributed by atoms with E-state index in [1.54, 1.807) is 0 Å². The van der Waals surface area contributed by atoms with Gasteiger partial charge in [0.2, 0.25) is 0 Å². The predicted molar refractivity (Wildman–Crippen MR) is 139 cm³/mol. The second-order valence-electron chi connectivity index (χ2n) is 9.13. The van der Waals surface area contributed by atoms with Gasteiger partial charge in [-0.25, -0.2) is 0 Å². The zero-order chi connectivity index (χ0) is 25.2. The van der Waals surface area contributed by atoms with Gasteiger partial charge in [0.05, 0.1) is 32.5 Å². The van der Waals surface area contributed by atoms with E-state index in [2.05, 4.69) is 5.92 Å². The van der Waals surface area contributed by atoms with Crippen LogP contribution in [-0.2, 0) is 38.8 Å². The standard InChI is InChI=1S/C31H34O5/c1-3-27(32)29-23(2)30(34-20-25-15-9-5-10-16-25)31(35-21-26-17-11-6-12-18-26)28(36-29)22-33-19-24-13-7-4-8-14-24/h1,4-18,23,27-32H,19-22H2,2H3/t23-,27+,28+,29?,30+,31+/m0/s1. The van der Waals surface area contributed by atoms with Crippen molar-refractivity contribution in [3.63, 3.8) is 0 Å². The van der Waals surface area contributed by atoms with Crippen LogP contribution in [0.3, 0.4) is 0 Å². The van der Waals surface area contributed by atoms with E-state index in [1.807, 2.05) is 97.9 Å². The van der Waals surface area contributed by atoms with Gasteiger partial charge in [0.25, 0.3) is 0 Å². The molecule has 1 aliphatic rings. The maximum Gasteiger partial charge on any atom is 0.140 e. The third-order valence-electron chi connectivity index (χ3n) is 6.50. The van der Waals surface area contributed by atoms with E-state index in [4.69, 9.17) is 25.4 Å². The van der Waals surface area contributed by atoms with Gasteiger partial charge in [-0.05, 0) is 16.7 Å². The van der Waals surface area contributed by atoms with E-state index >= 15 is 0 Å². The predicted octanol–water partition coefficient (Wildman–Crippen LogP) is 4.77. The molecule has 5 nitrogen and oxygen atoms in total. The average molecular weight is 487 g/mol. The first kappa shape index (κ1) is 26.1. The highest BCUT2D eigenvalue weighted by atomic mass is 16.6. The van der Waals surface area contributed by atoms with Crippen molar-refractivity contribution in [2.45, 2.75) is 57.3 Å². The van der Waals surface area contributed by atoms with Crippen LogP contribution in [0.2, 0.25) is 0 Å². The van der Waals surface area contributed by atoms with Crippen molar-refractivity contribution in [2.24, 2.45) is 5.92 Å². The number of ether oxygens (including phenoxy) is 4. The van der Waals surface area contributed by atoms with Gasteiger partial charge in [-0.15, -0.1) is 6.42 Å². The number of aliphatic hydroxyl groups excluding tert-OH is 1. The molecule has 0 amide bonds. The fourth-order valence-corrected chi connectivity index (χ4v) is 4.54. The third kappa shape index (κ3) is 7.04. The molecule has 36 heavy (non-hydrogen) atoms. The van der Waals surface area contributed by atoms with Gasteiger partial charge < -0.3 is 24.1 Å². The minimum absolute atomic E-state index is 0.203. The molecule has 3 aromatic rings. The summed E-state index contributed by atoms with van der Waals surface area (Å²) in [6.07, 6.45) is 2.68. The van der Waals surface area contributed by atoms with Crippen LogP contribution >= 0.6 is 0 Å². The van der Waals surface area contributed by atoms with Crippen molar-refractivity contribution in [1.82, 2.24) is 0 Å². The molecule has 0 bridgehead atoms. The summed E-state index contributed by atoms with van der Waals surface area (Å²) in [7, 11) is 0. The Bertz CT molecular complexity index is 1070. The van der Waals surface area contributed by atoms with Crippen molar-refractivity contribution in [3.8, 4) is 12.3 Å². The summed E-state index contributed by atoms with van der Waals surface area (Å²) in [6.45, 7) is 3.53. The Hall–Kier alpha value is -2.98. The molecule has 3 aromatic carbocycles. The van der Waals surface area contributed by atoms with Crippen molar-refractivity contribution in [1.29, 1.82) is 0 Å². The van der Waals surface area contributed by atoms with Crippen LogP contribution in [0.5, 0.6) is 0 Å². The average Bonchev–Trinajstić information content (AvgIpc) is 2.93. The number of benzene rings is 3. The summed E-state index contributed by atoms with van der Waals surface area (Å²) in [5.74, 6) is 2.23. The second-order valence-corrected chi connectivity index (χ2v) is 9.13. The molecular weight excluding hydrogens is 452 g/mol. The Morgan fingerprint density at radius 1 is 0.778 bits per heavy atom. The fraction of sp³-hybridized carbons (Fsp3) is 0.355. The minimum Gasteiger partial charge on any atom is -0.378 e. The Balaban J connectivity index is 1.54. The van der Waals surface area contributed by atoms with Crippen LogP contribution < -0.4 is 0 Å². The van der Waals surface area contributed by atoms with Crippen LogP contribution in [0.4, 0.5) is 0 Å². The Labute approximate surface area is 214 Å². The summed E-state index contributed by atoms with van der Waals surface area (Å²) in [5, 5.41) is 10.6. The second kappa shape index (κ2) is 13.4. The molecule has 4 rings (SSSR count). The SMILES string of the molecule is C#C[C@@H](O)C1O[C@H](COCc2ccccc2)[C@@H](OCc2ccccc2)[C@H](OCc2ccccc2)[C@H]1C. The molecule has 0 radical (unpaired) electrons. The van der Waals surface area contributed by atoms with E-state index in [0.717, 1.165) is 16.7 Å². The normalized spacial score (nSPS) is 24.6. The third-order valence-corrected chi connectivity index (χ3v) is 6.50. The molecule has 1 aliphatic heterocycles. The Morgan fingerprint density at radius 2 is 1.25 bits per heavy atom. The van der Waals surface area contributed by atoms with E-state index in [0.29, 0.717) is 19.8 Å². The van der Waals surface area contributed by atoms with Crippen LogP contribution in [0.1, 0.15) is 23.6 Å². The van der Waals surface area contributed by atoms with Gasteiger partial charge in [0, 0.05) is 5.92 Å². The summed E-state index contributed by atoms with van der Waals surface area (Å²) in [6, 6.07) is 30.0. The Kier molecular flexibility index (Phi) is 9.68. The summed E-state index contributed by atoms with van der Waals surface area (Å²) in [5.41, 5.74) is 3.19. The highest BCUT2D eigenvalue weighted by Gasteiger charge is 2.47. The van der Waals surface area contributed by atoms with E-state index in [9.17, 15) is 5.11 Å². The molecule has 0 spiro atoms. The first-order chi connectivity index (χ1) is 17.7. The highest BCUT2D eigenvalue weighted by molar-refractivity contribution is 5.15. The molecule has 1 N–H and O–H groups in total. The molecule has 6 atom stereocenters. The monoisotopic (exact) mass is 486 g/mol. The van der Waals surface area contributed by atoms with E-state index < -0.39 is 24.4 Å². The smallest absolute Gasteiger partial charge is 0.140 e. The van der Waals surface area contributed by atoms with Gasteiger partial charge in [-0.3, -0.25) is 0 Å². The van der Waals surface area contributed by atoms with Crippen LogP contribution in [0.25, 0.3) is 0 Å². The van der Waals surface area contributed by atoms with E-state index in [1.165, 1.54) is 0 Å². The lowest BCUT2D eigenvalue weighted by molar-refractivity contribution is -0.253. The number of hydrogen-bond acceptors (Lipinski definition) is 5. The minimum atomic E-state index is -1.06. The quantitative estimate of drug-likeness (QED) is 0.396. The zero-order valence-electron chi connectivity index (χ0n) is 20.6. The maximum absolute atomic E-state index is 10.6. The highest BCUT2D eigenvalue weighted by Crippen LogP contribution is 2.33. The largest absolute Gasteiger partial charge is 0.378 e. The van der Waals surface area contributed by atoms with Gasteiger partial charge in [0.15, 0.2) is 0 Å².